The Labute approximate surface area is 176 Å². The van der Waals surface area contributed by atoms with Crippen molar-refractivity contribution >= 4 is 11.8 Å². The van der Waals surface area contributed by atoms with E-state index < -0.39 is 6.10 Å². The van der Waals surface area contributed by atoms with Gasteiger partial charge in [0.2, 0.25) is 5.91 Å². The van der Waals surface area contributed by atoms with E-state index in [4.69, 9.17) is 9.47 Å². The Balaban J connectivity index is 1.48. The third-order valence-electron chi connectivity index (χ3n) is 5.53. The fourth-order valence-corrected chi connectivity index (χ4v) is 3.73. The molecular weight excluding hydrogens is 384 g/mol. The van der Waals surface area contributed by atoms with Gasteiger partial charge in [-0.05, 0) is 42.5 Å². The highest BCUT2D eigenvalue weighted by molar-refractivity contribution is 5.97. The van der Waals surface area contributed by atoms with Crippen LogP contribution in [0.15, 0.2) is 48.5 Å². The van der Waals surface area contributed by atoms with Gasteiger partial charge in [0, 0.05) is 18.7 Å². The van der Waals surface area contributed by atoms with Crippen LogP contribution in [0.25, 0.3) is 0 Å². The number of ether oxygens (including phenoxy) is 2. The summed E-state index contributed by atoms with van der Waals surface area (Å²) in [6.07, 6.45) is 0.935. The molecule has 2 aromatic carbocycles. The topological polar surface area (TPSA) is 88.1 Å². The number of benzene rings is 2. The summed E-state index contributed by atoms with van der Waals surface area (Å²) in [6, 6.07) is 14.5. The number of nitrogens with zero attached hydrogens (tertiary/aromatic N) is 1. The molecule has 0 radical (unpaired) electrons. The summed E-state index contributed by atoms with van der Waals surface area (Å²) >= 11 is 0. The second kappa shape index (κ2) is 10.1. The third-order valence-corrected chi connectivity index (χ3v) is 5.53. The van der Waals surface area contributed by atoms with Gasteiger partial charge < -0.3 is 24.8 Å². The summed E-state index contributed by atoms with van der Waals surface area (Å²) in [6.45, 7) is 1.07. The average Bonchev–Trinajstić information content (AvgIpc) is 2.82. The van der Waals surface area contributed by atoms with E-state index in [1.807, 2.05) is 30.3 Å². The van der Waals surface area contributed by atoms with Crippen molar-refractivity contribution in [2.45, 2.75) is 18.9 Å². The highest BCUT2D eigenvalue weighted by Gasteiger charge is 2.28. The Morgan fingerprint density at radius 2 is 1.73 bits per heavy atom. The predicted molar refractivity (Wildman–Crippen MR) is 113 cm³/mol. The van der Waals surface area contributed by atoms with Crippen LogP contribution in [0.3, 0.4) is 0 Å². The largest absolute Gasteiger partial charge is 0.493 e. The van der Waals surface area contributed by atoms with Crippen molar-refractivity contribution in [2.75, 3.05) is 33.9 Å². The van der Waals surface area contributed by atoms with Gasteiger partial charge in [0.1, 0.15) is 0 Å². The number of carbonyl (C=O) groups excluding carboxylic acids is 2. The molecular formula is C23H28N2O5. The smallest absolute Gasteiger partial charge is 0.251 e. The van der Waals surface area contributed by atoms with Gasteiger partial charge in [-0.15, -0.1) is 0 Å². The number of carbonyl (C=O) groups is 2. The van der Waals surface area contributed by atoms with Crippen molar-refractivity contribution in [2.24, 2.45) is 5.92 Å². The minimum absolute atomic E-state index is 0.0704. The number of nitrogens with one attached hydrogen (secondary N) is 1. The van der Waals surface area contributed by atoms with E-state index in [0.717, 1.165) is 18.4 Å². The molecule has 0 spiro atoms. The van der Waals surface area contributed by atoms with Crippen LogP contribution in [-0.4, -0.2) is 55.7 Å². The van der Waals surface area contributed by atoms with Crippen LogP contribution in [-0.2, 0) is 4.79 Å². The predicted octanol–water partition coefficient (Wildman–Crippen LogP) is 2.41. The van der Waals surface area contributed by atoms with E-state index >= 15 is 0 Å². The standard InChI is InChI=1S/C23H28N2O5/c1-29-19-9-8-18(14-20(19)30-2)23(28)24-15-21(26)25-12-10-17(11-13-25)22(27)16-6-4-3-5-7-16/h3-9,14,17,22,27H,10-13,15H2,1-2H3,(H,24,28)/t22-/m1/s1. The molecule has 1 heterocycles. The van der Waals surface area contributed by atoms with E-state index in [1.165, 1.54) is 14.2 Å². The molecule has 0 saturated carbocycles. The first kappa shape index (κ1) is 21.6. The lowest BCUT2D eigenvalue weighted by atomic mass is 9.87. The molecule has 1 aliphatic heterocycles. The second-order valence-electron chi connectivity index (χ2n) is 7.33. The number of hydrogen-bond acceptors (Lipinski definition) is 5. The number of amides is 2. The maximum absolute atomic E-state index is 12.5. The monoisotopic (exact) mass is 412 g/mol. The molecule has 2 aromatic rings. The molecule has 7 nitrogen and oxygen atoms in total. The zero-order valence-electron chi connectivity index (χ0n) is 17.3. The molecule has 7 heteroatoms. The number of aliphatic hydroxyl groups is 1. The fourth-order valence-electron chi connectivity index (χ4n) is 3.73. The Kier molecular flexibility index (Phi) is 7.30. The van der Waals surface area contributed by atoms with E-state index in [9.17, 15) is 14.7 Å². The quantitative estimate of drug-likeness (QED) is 0.729. The van der Waals surface area contributed by atoms with Crippen LogP contribution >= 0.6 is 0 Å². The Morgan fingerprint density at radius 3 is 2.37 bits per heavy atom. The van der Waals surface area contributed by atoms with Crippen molar-refractivity contribution in [1.82, 2.24) is 10.2 Å². The van der Waals surface area contributed by atoms with Crippen molar-refractivity contribution in [3.63, 3.8) is 0 Å². The zero-order valence-corrected chi connectivity index (χ0v) is 17.3. The minimum Gasteiger partial charge on any atom is -0.493 e. The van der Waals surface area contributed by atoms with Crippen LogP contribution in [0, 0.1) is 5.92 Å². The molecule has 2 N–H and O–H groups in total. The van der Waals surface area contributed by atoms with Crippen LogP contribution in [0.4, 0.5) is 0 Å². The molecule has 3 rings (SSSR count). The van der Waals surface area contributed by atoms with Crippen LogP contribution in [0.2, 0.25) is 0 Å². The first-order valence-corrected chi connectivity index (χ1v) is 10.0. The molecule has 1 saturated heterocycles. The van der Waals surface area contributed by atoms with Gasteiger partial charge in [-0.2, -0.15) is 0 Å². The first-order valence-electron chi connectivity index (χ1n) is 10.0. The van der Waals surface area contributed by atoms with Gasteiger partial charge in [0.15, 0.2) is 11.5 Å². The third kappa shape index (κ3) is 5.10. The molecule has 30 heavy (non-hydrogen) atoms. The van der Waals surface area contributed by atoms with Gasteiger partial charge in [-0.1, -0.05) is 30.3 Å². The molecule has 1 aliphatic rings. The molecule has 0 aromatic heterocycles. The van der Waals surface area contributed by atoms with E-state index in [1.54, 1.807) is 23.1 Å². The van der Waals surface area contributed by atoms with E-state index in [0.29, 0.717) is 30.2 Å². The minimum atomic E-state index is -0.520. The fraction of sp³-hybridized carbons (Fsp3) is 0.391. The summed E-state index contributed by atoms with van der Waals surface area (Å²) in [4.78, 5) is 26.6. The number of rotatable bonds is 7. The first-order chi connectivity index (χ1) is 14.5. The number of hydrogen-bond donors (Lipinski definition) is 2. The molecule has 0 aliphatic carbocycles. The lowest BCUT2D eigenvalue weighted by Crippen LogP contribution is -2.44. The Morgan fingerprint density at radius 1 is 1.07 bits per heavy atom. The lowest BCUT2D eigenvalue weighted by Gasteiger charge is -2.34. The number of piperidine rings is 1. The molecule has 1 fully saturated rings. The zero-order chi connectivity index (χ0) is 21.5. The van der Waals surface area contributed by atoms with Gasteiger partial charge in [0.25, 0.3) is 5.91 Å². The van der Waals surface area contributed by atoms with Crippen LogP contribution in [0.1, 0.15) is 34.9 Å². The molecule has 1 atom stereocenters. The van der Waals surface area contributed by atoms with Gasteiger partial charge >= 0.3 is 0 Å². The highest BCUT2D eigenvalue weighted by atomic mass is 16.5. The molecule has 2 amide bonds. The molecule has 160 valence electrons. The number of likely N-dealkylation sites (tertiary alicyclic amines) is 1. The van der Waals surface area contributed by atoms with Crippen molar-refractivity contribution in [3.05, 3.63) is 59.7 Å². The van der Waals surface area contributed by atoms with Gasteiger partial charge in [-0.25, -0.2) is 0 Å². The van der Waals surface area contributed by atoms with E-state index in [-0.39, 0.29) is 24.3 Å². The average molecular weight is 412 g/mol. The van der Waals surface area contributed by atoms with Crippen molar-refractivity contribution in [1.29, 1.82) is 0 Å². The Hall–Kier alpha value is -3.06. The highest BCUT2D eigenvalue weighted by Crippen LogP contribution is 2.30. The SMILES string of the molecule is COc1ccc(C(=O)NCC(=O)N2CCC([C@H](O)c3ccccc3)CC2)cc1OC. The maximum Gasteiger partial charge on any atom is 0.251 e. The summed E-state index contributed by atoms with van der Waals surface area (Å²) < 4.78 is 10.4. The summed E-state index contributed by atoms with van der Waals surface area (Å²) in [5, 5.41) is 13.2. The normalized spacial score (nSPS) is 15.4. The van der Waals surface area contributed by atoms with Crippen LogP contribution < -0.4 is 14.8 Å². The summed E-state index contributed by atoms with van der Waals surface area (Å²) in [7, 11) is 3.03. The Bertz CT molecular complexity index is 863. The van der Waals surface area contributed by atoms with Gasteiger partial charge in [0.05, 0.1) is 26.9 Å². The molecule has 0 unspecified atom stereocenters. The van der Waals surface area contributed by atoms with Crippen molar-refractivity contribution in [3.8, 4) is 11.5 Å². The summed E-state index contributed by atoms with van der Waals surface area (Å²) in [5.74, 6) is 0.634. The summed E-state index contributed by atoms with van der Waals surface area (Å²) in [5.41, 5.74) is 1.30. The maximum atomic E-state index is 12.5. The van der Waals surface area contributed by atoms with E-state index in [2.05, 4.69) is 5.32 Å². The van der Waals surface area contributed by atoms with Crippen LogP contribution in [0.5, 0.6) is 11.5 Å². The molecule has 0 bridgehead atoms. The van der Waals surface area contributed by atoms with Crippen molar-refractivity contribution < 1.29 is 24.2 Å². The second-order valence-corrected chi connectivity index (χ2v) is 7.33. The number of methoxy groups -OCH3 is 2. The number of aliphatic hydroxyl groups excluding tert-OH is 1. The van der Waals surface area contributed by atoms with Gasteiger partial charge in [-0.3, -0.25) is 9.59 Å². The lowest BCUT2D eigenvalue weighted by molar-refractivity contribution is -0.132.